The number of aromatic nitrogens is 2. The first kappa shape index (κ1) is 21.1. The maximum atomic E-state index is 13.2. The molecule has 0 aliphatic carbocycles. The van der Waals surface area contributed by atoms with Crippen LogP contribution in [0.3, 0.4) is 0 Å². The molecule has 170 valence electrons. The van der Waals surface area contributed by atoms with Crippen molar-refractivity contribution in [2.45, 2.75) is 38.3 Å². The molecule has 1 aromatic heterocycles. The van der Waals surface area contributed by atoms with E-state index in [4.69, 9.17) is 14.5 Å². The lowest BCUT2D eigenvalue weighted by Gasteiger charge is -2.33. The molecule has 33 heavy (non-hydrogen) atoms. The Bertz CT molecular complexity index is 1240. The van der Waals surface area contributed by atoms with Crippen molar-refractivity contribution in [2.24, 2.45) is 4.99 Å². The van der Waals surface area contributed by atoms with Gasteiger partial charge in [0.25, 0.3) is 0 Å². The number of nitrogens with one attached hydrogen (secondary N) is 1. The molecule has 5 rings (SSSR count). The second-order valence-electron chi connectivity index (χ2n) is 9.20. The molecule has 1 N–H and O–H groups in total. The Balaban J connectivity index is 1.70. The number of urea groups is 1. The van der Waals surface area contributed by atoms with E-state index in [-0.39, 0.29) is 23.5 Å². The molecule has 0 saturated carbocycles. The molecule has 2 aliphatic rings. The number of amidine groups is 1. The number of hydrogen-bond donors (Lipinski definition) is 1. The van der Waals surface area contributed by atoms with E-state index in [1.165, 1.54) is 0 Å². The lowest BCUT2D eigenvalue weighted by molar-refractivity contribution is 0.252. The van der Waals surface area contributed by atoms with Crippen LogP contribution in [0.25, 0.3) is 0 Å². The molecule has 0 spiro atoms. The number of anilines is 1. The molecular weight excluding hydrogens is 418 g/mol. The molecule has 2 amide bonds. The lowest BCUT2D eigenvalue weighted by atomic mass is 9.83. The van der Waals surface area contributed by atoms with Gasteiger partial charge in [-0.3, -0.25) is 10.2 Å². The van der Waals surface area contributed by atoms with Crippen LogP contribution in [0, 0.1) is 0 Å². The first-order valence-electron chi connectivity index (χ1n) is 10.9. The highest BCUT2D eigenvalue weighted by atomic mass is 16.5. The number of rotatable bonds is 4. The van der Waals surface area contributed by atoms with Crippen LogP contribution < -0.4 is 19.7 Å². The summed E-state index contributed by atoms with van der Waals surface area (Å²) in [5.74, 6) is 2.67. The van der Waals surface area contributed by atoms with Crippen molar-refractivity contribution in [2.75, 3.05) is 19.1 Å². The second kappa shape index (κ2) is 7.65. The van der Waals surface area contributed by atoms with Crippen molar-refractivity contribution in [3.8, 4) is 11.5 Å². The molecule has 3 heterocycles. The summed E-state index contributed by atoms with van der Waals surface area (Å²) in [5, 5.41) is 7.69. The third kappa shape index (κ3) is 3.42. The Labute approximate surface area is 192 Å². The predicted molar refractivity (Wildman–Crippen MR) is 127 cm³/mol. The first-order chi connectivity index (χ1) is 15.8. The Hall–Kier alpha value is -3.81. The van der Waals surface area contributed by atoms with E-state index in [1.54, 1.807) is 19.1 Å². The lowest BCUT2D eigenvalue weighted by Crippen LogP contribution is -2.42. The number of benzene rings is 2. The number of hydrogen-bond acceptors (Lipinski definition) is 5. The molecule has 0 unspecified atom stereocenters. The highest BCUT2D eigenvalue weighted by Crippen LogP contribution is 2.45. The number of nitrogens with zero attached hydrogens (tertiary/aromatic N) is 4. The number of carbonyl (C=O) groups is 1. The predicted octanol–water partition coefficient (Wildman–Crippen LogP) is 4.43. The third-order valence-electron chi connectivity index (χ3n) is 6.10. The van der Waals surface area contributed by atoms with E-state index in [0.29, 0.717) is 11.6 Å². The van der Waals surface area contributed by atoms with Gasteiger partial charge in [0.1, 0.15) is 23.4 Å². The minimum absolute atomic E-state index is 0.167. The highest BCUT2D eigenvalue weighted by Gasteiger charge is 2.48. The number of ether oxygens (including phenoxy) is 2. The van der Waals surface area contributed by atoms with Gasteiger partial charge in [0.2, 0.25) is 0 Å². The molecule has 1 saturated heterocycles. The van der Waals surface area contributed by atoms with Crippen LogP contribution >= 0.6 is 0 Å². The minimum Gasteiger partial charge on any atom is -0.497 e. The largest absolute Gasteiger partial charge is 0.497 e. The normalized spacial score (nSPS) is 19.5. The van der Waals surface area contributed by atoms with Crippen molar-refractivity contribution in [3.63, 3.8) is 0 Å². The Morgan fingerprint density at radius 2 is 1.73 bits per heavy atom. The molecule has 0 bridgehead atoms. The Kier molecular flexibility index (Phi) is 4.88. The van der Waals surface area contributed by atoms with E-state index in [2.05, 4.69) is 31.2 Å². The number of methoxy groups -OCH3 is 2. The minimum atomic E-state index is -0.344. The van der Waals surface area contributed by atoms with Gasteiger partial charge < -0.3 is 9.47 Å². The number of fused-ring (bicyclic) bond motifs is 2. The zero-order chi connectivity index (χ0) is 23.3. The van der Waals surface area contributed by atoms with Gasteiger partial charge >= 0.3 is 6.03 Å². The summed E-state index contributed by atoms with van der Waals surface area (Å²) in [6.07, 6.45) is 1.88. The third-order valence-corrected chi connectivity index (χ3v) is 6.10. The van der Waals surface area contributed by atoms with Crippen molar-refractivity contribution >= 4 is 23.4 Å². The molecular formula is C25H27N5O3. The summed E-state index contributed by atoms with van der Waals surface area (Å²) in [7, 11) is 3.26. The average molecular weight is 446 g/mol. The molecule has 2 atom stereocenters. The standard InChI is InChI=1S/C25H27N5O3/c1-25(2,3)30-23-19(14-26-30)20(15-9-11-17(32-4)12-10-15)21-22(27-23)28-24(31)29(21)16-7-6-8-18(13-16)33-5/h6-14,20-21H,1-5H3,(H,27,28,31)/t20-,21+/m1/s1. The fourth-order valence-corrected chi connectivity index (χ4v) is 4.57. The molecule has 8 heteroatoms. The Morgan fingerprint density at radius 3 is 2.39 bits per heavy atom. The smallest absolute Gasteiger partial charge is 0.328 e. The molecule has 1 fully saturated rings. The molecule has 2 aliphatic heterocycles. The van der Waals surface area contributed by atoms with E-state index < -0.39 is 0 Å². The fourth-order valence-electron chi connectivity index (χ4n) is 4.57. The van der Waals surface area contributed by atoms with Gasteiger partial charge in [0, 0.05) is 23.2 Å². The molecule has 8 nitrogen and oxygen atoms in total. The van der Waals surface area contributed by atoms with Crippen LogP contribution in [0.4, 0.5) is 16.3 Å². The topological polar surface area (TPSA) is 81.0 Å². The quantitative estimate of drug-likeness (QED) is 0.644. The van der Waals surface area contributed by atoms with Crippen LogP contribution in [0.2, 0.25) is 0 Å². The van der Waals surface area contributed by atoms with Crippen LogP contribution in [-0.4, -0.2) is 41.9 Å². The number of aliphatic imine (C=N–C) groups is 1. The summed E-state index contributed by atoms with van der Waals surface area (Å²) in [6.45, 7) is 6.26. The summed E-state index contributed by atoms with van der Waals surface area (Å²) in [5.41, 5.74) is 2.51. The first-order valence-corrected chi connectivity index (χ1v) is 10.9. The molecule has 0 radical (unpaired) electrons. The Morgan fingerprint density at radius 1 is 1.00 bits per heavy atom. The van der Waals surface area contributed by atoms with Gasteiger partial charge in [0.05, 0.1) is 26.0 Å². The van der Waals surface area contributed by atoms with Gasteiger partial charge in [-0.2, -0.15) is 5.10 Å². The maximum Gasteiger partial charge on any atom is 0.328 e. The number of carbonyl (C=O) groups excluding carboxylic acids is 1. The monoisotopic (exact) mass is 445 g/mol. The van der Waals surface area contributed by atoms with Gasteiger partial charge in [-0.05, 0) is 50.6 Å². The van der Waals surface area contributed by atoms with E-state index in [9.17, 15) is 4.79 Å². The zero-order valence-corrected chi connectivity index (χ0v) is 19.4. The molecule has 2 aromatic carbocycles. The van der Waals surface area contributed by atoms with E-state index >= 15 is 0 Å². The van der Waals surface area contributed by atoms with Gasteiger partial charge in [0.15, 0.2) is 5.82 Å². The van der Waals surface area contributed by atoms with Crippen LogP contribution in [-0.2, 0) is 5.54 Å². The van der Waals surface area contributed by atoms with Gasteiger partial charge in [-0.1, -0.05) is 18.2 Å². The highest BCUT2D eigenvalue weighted by molar-refractivity contribution is 6.18. The SMILES string of the molecule is COc1ccc([C@@H]2c3cnn(C(C)(C)C)c3N=C3NC(=O)N(c4cccc(OC)c4)[C@H]32)cc1. The van der Waals surface area contributed by atoms with Crippen molar-refractivity contribution in [3.05, 3.63) is 65.9 Å². The second-order valence-corrected chi connectivity index (χ2v) is 9.20. The molecule has 3 aromatic rings. The number of amides is 2. The van der Waals surface area contributed by atoms with E-state index in [0.717, 1.165) is 28.4 Å². The van der Waals surface area contributed by atoms with Gasteiger partial charge in [-0.25, -0.2) is 14.5 Å². The zero-order valence-electron chi connectivity index (χ0n) is 19.4. The summed E-state index contributed by atoms with van der Waals surface area (Å²) >= 11 is 0. The summed E-state index contributed by atoms with van der Waals surface area (Å²) in [4.78, 5) is 19.9. The summed E-state index contributed by atoms with van der Waals surface area (Å²) < 4.78 is 12.7. The van der Waals surface area contributed by atoms with Gasteiger partial charge in [-0.15, -0.1) is 0 Å². The van der Waals surface area contributed by atoms with Crippen LogP contribution in [0.1, 0.15) is 37.8 Å². The fraction of sp³-hybridized carbons (Fsp3) is 0.320. The maximum absolute atomic E-state index is 13.2. The average Bonchev–Trinajstić information content (AvgIpc) is 3.37. The van der Waals surface area contributed by atoms with Crippen molar-refractivity contribution in [1.29, 1.82) is 0 Å². The summed E-state index contributed by atoms with van der Waals surface area (Å²) in [6, 6.07) is 14.9. The van der Waals surface area contributed by atoms with Crippen LogP contribution in [0.15, 0.2) is 59.7 Å². The van der Waals surface area contributed by atoms with Crippen molar-refractivity contribution in [1.82, 2.24) is 15.1 Å². The van der Waals surface area contributed by atoms with Crippen molar-refractivity contribution < 1.29 is 14.3 Å². The van der Waals surface area contributed by atoms with Crippen LogP contribution in [0.5, 0.6) is 11.5 Å². The van der Waals surface area contributed by atoms with E-state index in [1.807, 2.05) is 59.4 Å².